The second-order valence-electron chi connectivity index (χ2n) is 9.40. The Kier molecular flexibility index (Phi) is 7.16. The summed E-state index contributed by atoms with van der Waals surface area (Å²) in [6, 6.07) is 6.45. The van der Waals surface area contributed by atoms with Crippen LogP contribution in [0.25, 0.3) is 11.3 Å². The number of aromatic nitrogens is 1. The molecule has 0 aliphatic rings. The molecule has 0 bridgehead atoms. The molecule has 33 heavy (non-hydrogen) atoms. The maximum atomic E-state index is 13.8. The average molecular weight is 471 g/mol. The highest BCUT2D eigenvalue weighted by Crippen LogP contribution is 2.39. The summed E-state index contributed by atoms with van der Waals surface area (Å²) < 4.78 is 60.3. The first-order chi connectivity index (χ1) is 14.9. The average Bonchev–Trinajstić information content (AvgIpc) is 2.66. The van der Waals surface area contributed by atoms with Gasteiger partial charge in [-0.15, -0.1) is 0 Å². The van der Waals surface area contributed by atoms with Gasteiger partial charge in [-0.2, -0.15) is 13.2 Å². The number of nitrogens with zero attached hydrogens (tertiary/aromatic N) is 1. The van der Waals surface area contributed by atoms with E-state index in [4.69, 9.17) is 10.5 Å². The number of alkyl halides is 3. The molecule has 0 spiro atoms. The Morgan fingerprint density at radius 2 is 1.73 bits per heavy atom. The maximum absolute atomic E-state index is 13.8. The number of pyridine rings is 1. The SMILES string of the molecule is Cc1cc(-c2cc(C(C)(C)NC(=O)OC(C)(C)C)cc(C(O)(CN)C(F)(F)F)n2)ccc1F. The number of aryl methyl sites for hydroxylation is 1. The standard InChI is InChI=1S/C23H29F4N3O3/c1-13-9-14(7-8-16(13)24)17-10-15(21(5,6)30-19(31)33-20(2,3)4)11-18(29-17)22(32,12-28)23(25,26)27/h7-11,32H,12,28H2,1-6H3,(H,30,31). The molecular weight excluding hydrogens is 442 g/mol. The minimum atomic E-state index is -5.12. The van der Waals surface area contributed by atoms with E-state index in [9.17, 15) is 27.5 Å². The lowest BCUT2D eigenvalue weighted by Gasteiger charge is -2.32. The van der Waals surface area contributed by atoms with E-state index in [1.165, 1.54) is 31.2 Å². The molecular formula is C23H29F4N3O3. The third-order valence-corrected chi connectivity index (χ3v) is 5.00. The second-order valence-corrected chi connectivity index (χ2v) is 9.40. The van der Waals surface area contributed by atoms with Gasteiger partial charge in [0.1, 0.15) is 11.4 Å². The molecule has 0 fully saturated rings. The van der Waals surface area contributed by atoms with Crippen LogP contribution in [0.5, 0.6) is 0 Å². The fourth-order valence-electron chi connectivity index (χ4n) is 3.05. The van der Waals surface area contributed by atoms with Gasteiger partial charge in [0.25, 0.3) is 0 Å². The lowest BCUT2D eigenvalue weighted by atomic mass is 9.89. The van der Waals surface area contributed by atoms with Crippen LogP contribution in [0.4, 0.5) is 22.4 Å². The molecule has 2 rings (SSSR count). The molecule has 6 nitrogen and oxygen atoms in total. The summed E-state index contributed by atoms with van der Waals surface area (Å²) in [7, 11) is 0. The number of halogens is 4. The van der Waals surface area contributed by atoms with Crippen LogP contribution in [0.3, 0.4) is 0 Å². The Labute approximate surface area is 190 Å². The summed E-state index contributed by atoms with van der Waals surface area (Å²) in [6.45, 7) is 8.46. The van der Waals surface area contributed by atoms with E-state index in [2.05, 4.69) is 10.3 Å². The van der Waals surface area contributed by atoms with Crippen molar-refractivity contribution in [3.8, 4) is 11.3 Å². The molecule has 10 heteroatoms. The number of aliphatic hydroxyl groups is 1. The second kappa shape index (κ2) is 8.90. The maximum Gasteiger partial charge on any atom is 0.424 e. The van der Waals surface area contributed by atoms with E-state index >= 15 is 0 Å². The molecule has 4 N–H and O–H groups in total. The molecule has 1 aromatic heterocycles. The van der Waals surface area contributed by atoms with Crippen molar-refractivity contribution in [1.82, 2.24) is 10.3 Å². The van der Waals surface area contributed by atoms with Crippen molar-refractivity contribution in [3.63, 3.8) is 0 Å². The number of nitrogens with one attached hydrogen (secondary N) is 1. The predicted molar refractivity (Wildman–Crippen MR) is 116 cm³/mol. The highest BCUT2D eigenvalue weighted by atomic mass is 19.4. The summed E-state index contributed by atoms with van der Waals surface area (Å²) in [5.74, 6) is -0.490. The van der Waals surface area contributed by atoms with E-state index < -0.39 is 47.1 Å². The van der Waals surface area contributed by atoms with Gasteiger partial charge in [0.05, 0.1) is 16.9 Å². The number of nitrogens with two attached hydrogens (primary N) is 1. The van der Waals surface area contributed by atoms with E-state index in [0.717, 1.165) is 6.07 Å². The Hall–Kier alpha value is -2.72. The molecule has 1 aromatic carbocycles. The molecule has 0 saturated heterocycles. The van der Waals surface area contributed by atoms with Gasteiger partial charge < -0.3 is 20.9 Å². The van der Waals surface area contributed by atoms with Gasteiger partial charge in [-0.25, -0.2) is 14.2 Å². The van der Waals surface area contributed by atoms with Crippen molar-refractivity contribution < 1.29 is 32.2 Å². The predicted octanol–water partition coefficient (Wildman–Crippen LogP) is 4.66. The van der Waals surface area contributed by atoms with Crippen LogP contribution >= 0.6 is 0 Å². The molecule has 0 saturated carbocycles. The summed E-state index contributed by atoms with van der Waals surface area (Å²) in [5, 5.41) is 13.1. The third kappa shape index (κ3) is 6.00. The number of carbonyl (C=O) groups excluding carboxylic acids is 1. The molecule has 1 atom stereocenters. The van der Waals surface area contributed by atoms with Crippen LogP contribution in [-0.2, 0) is 15.9 Å². The number of alkyl carbamates (subject to hydrolysis) is 1. The summed E-state index contributed by atoms with van der Waals surface area (Å²) in [4.78, 5) is 16.4. The van der Waals surface area contributed by atoms with Crippen LogP contribution < -0.4 is 11.1 Å². The zero-order valence-electron chi connectivity index (χ0n) is 19.4. The van der Waals surface area contributed by atoms with Gasteiger partial charge in [0, 0.05) is 12.1 Å². The first-order valence-electron chi connectivity index (χ1n) is 10.2. The topological polar surface area (TPSA) is 97.5 Å². The van der Waals surface area contributed by atoms with Gasteiger partial charge in [-0.3, -0.25) is 0 Å². The minimum Gasteiger partial charge on any atom is -0.444 e. The molecule has 0 radical (unpaired) electrons. The Balaban J connectivity index is 2.69. The monoisotopic (exact) mass is 471 g/mol. The number of ether oxygens (including phenoxy) is 1. The Bertz CT molecular complexity index is 1030. The smallest absolute Gasteiger partial charge is 0.424 e. The molecule has 182 valence electrons. The van der Waals surface area contributed by atoms with Crippen molar-refractivity contribution >= 4 is 6.09 Å². The zero-order valence-corrected chi connectivity index (χ0v) is 19.4. The third-order valence-electron chi connectivity index (χ3n) is 5.00. The van der Waals surface area contributed by atoms with E-state index in [0.29, 0.717) is 5.56 Å². The van der Waals surface area contributed by atoms with Crippen LogP contribution in [0.2, 0.25) is 0 Å². The van der Waals surface area contributed by atoms with Gasteiger partial charge >= 0.3 is 12.3 Å². The van der Waals surface area contributed by atoms with E-state index in [1.807, 2.05) is 0 Å². The molecule has 0 aliphatic heterocycles. The van der Waals surface area contributed by atoms with Crippen molar-refractivity contribution in [2.45, 2.75) is 64.5 Å². The normalized spacial score (nSPS) is 14.5. The van der Waals surface area contributed by atoms with Crippen LogP contribution in [0.1, 0.15) is 51.4 Å². The molecule has 1 unspecified atom stereocenters. The number of amides is 1. The number of rotatable bonds is 5. The minimum absolute atomic E-state index is 0.0424. The lowest BCUT2D eigenvalue weighted by molar-refractivity contribution is -0.263. The van der Waals surface area contributed by atoms with Crippen molar-refractivity contribution in [3.05, 3.63) is 53.0 Å². The fourth-order valence-corrected chi connectivity index (χ4v) is 3.05. The number of carbonyl (C=O) groups is 1. The molecule has 1 heterocycles. The highest BCUT2D eigenvalue weighted by Gasteiger charge is 2.55. The summed E-state index contributed by atoms with van der Waals surface area (Å²) in [6.07, 6.45) is -5.90. The van der Waals surface area contributed by atoms with Crippen molar-refractivity contribution in [2.75, 3.05) is 6.54 Å². The van der Waals surface area contributed by atoms with Crippen molar-refractivity contribution in [1.29, 1.82) is 0 Å². The summed E-state index contributed by atoms with van der Waals surface area (Å²) in [5.41, 5.74) is -0.0588. The van der Waals surface area contributed by atoms with Crippen LogP contribution in [0.15, 0.2) is 30.3 Å². The van der Waals surface area contributed by atoms with Gasteiger partial charge in [0.2, 0.25) is 5.60 Å². The lowest BCUT2D eigenvalue weighted by Crippen LogP contribution is -2.49. The quantitative estimate of drug-likeness (QED) is 0.551. The van der Waals surface area contributed by atoms with Gasteiger partial charge in [-0.1, -0.05) is 0 Å². The van der Waals surface area contributed by atoms with Crippen LogP contribution in [0, 0.1) is 12.7 Å². The largest absolute Gasteiger partial charge is 0.444 e. The highest BCUT2D eigenvalue weighted by molar-refractivity contribution is 5.69. The molecule has 1 amide bonds. The Morgan fingerprint density at radius 1 is 1.12 bits per heavy atom. The van der Waals surface area contributed by atoms with E-state index in [-0.39, 0.29) is 16.8 Å². The summed E-state index contributed by atoms with van der Waals surface area (Å²) >= 11 is 0. The molecule has 0 aliphatic carbocycles. The fraction of sp³-hybridized carbons (Fsp3) is 0.478. The van der Waals surface area contributed by atoms with Gasteiger partial charge in [-0.05, 0) is 83.0 Å². The first kappa shape index (κ1) is 26.5. The zero-order chi connectivity index (χ0) is 25.4. The van der Waals surface area contributed by atoms with Gasteiger partial charge in [0.15, 0.2) is 0 Å². The Morgan fingerprint density at radius 3 is 2.21 bits per heavy atom. The van der Waals surface area contributed by atoms with Crippen LogP contribution in [-0.4, -0.2) is 34.5 Å². The first-order valence-corrected chi connectivity index (χ1v) is 10.2. The van der Waals surface area contributed by atoms with E-state index in [1.54, 1.807) is 34.6 Å². The number of hydrogen-bond acceptors (Lipinski definition) is 5. The molecule has 2 aromatic rings. The number of benzene rings is 1. The van der Waals surface area contributed by atoms with Crippen molar-refractivity contribution in [2.24, 2.45) is 5.73 Å². The number of hydrogen-bond donors (Lipinski definition) is 3.